The van der Waals surface area contributed by atoms with E-state index in [0.29, 0.717) is 4.90 Å². The minimum absolute atomic E-state index is 0.0394. The number of alkyl halides is 3. The third-order valence-electron chi connectivity index (χ3n) is 1.43. The van der Waals surface area contributed by atoms with Crippen LogP contribution in [-0.2, 0) is 4.79 Å². The van der Waals surface area contributed by atoms with Gasteiger partial charge >= 0.3 is 12.1 Å². The monoisotopic (exact) mass is 274 g/mol. The Morgan fingerprint density at radius 2 is 2.25 bits per heavy atom. The van der Waals surface area contributed by atoms with Crippen molar-refractivity contribution in [2.24, 2.45) is 0 Å². The van der Waals surface area contributed by atoms with Crippen LogP contribution in [0.15, 0.2) is 5.38 Å². The topological polar surface area (TPSA) is 53.4 Å². The lowest BCUT2D eigenvalue weighted by Crippen LogP contribution is -2.37. The van der Waals surface area contributed by atoms with Gasteiger partial charge in [0.2, 0.25) is 0 Å². The first-order valence-electron chi connectivity index (χ1n) is 3.92. The van der Waals surface area contributed by atoms with E-state index in [2.05, 4.69) is 4.98 Å². The molecular formula is C7H6ClF3N2O2S. The molecule has 0 aromatic carbocycles. The van der Waals surface area contributed by atoms with Crippen LogP contribution in [0.1, 0.15) is 0 Å². The number of carboxylic acid groups (broad SMARTS) is 1. The average Bonchev–Trinajstić information content (AvgIpc) is 2.47. The van der Waals surface area contributed by atoms with Gasteiger partial charge in [0.05, 0.1) is 0 Å². The van der Waals surface area contributed by atoms with E-state index >= 15 is 0 Å². The Morgan fingerprint density at radius 1 is 1.62 bits per heavy atom. The molecule has 4 nitrogen and oxygen atoms in total. The van der Waals surface area contributed by atoms with Crippen LogP contribution in [0.4, 0.5) is 18.3 Å². The molecule has 0 spiro atoms. The second-order valence-electron chi connectivity index (χ2n) is 2.82. The minimum atomic E-state index is -4.49. The van der Waals surface area contributed by atoms with Crippen LogP contribution in [0, 0.1) is 0 Å². The van der Waals surface area contributed by atoms with Crippen LogP contribution in [0.3, 0.4) is 0 Å². The molecule has 0 aliphatic rings. The van der Waals surface area contributed by atoms with E-state index in [4.69, 9.17) is 16.7 Å². The van der Waals surface area contributed by atoms with Gasteiger partial charge in [-0.3, -0.25) is 4.79 Å². The van der Waals surface area contributed by atoms with Crippen LogP contribution in [0.2, 0.25) is 5.15 Å². The third kappa shape index (κ3) is 4.23. The Morgan fingerprint density at radius 3 is 2.62 bits per heavy atom. The summed E-state index contributed by atoms with van der Waals surface area (Å²) in [4.78, 5) is 14.6. The van der Waals surface area contributed by atoms with E-state index < -0.39 is 25.2 Å². The fourth-order valence-corrected chi connectivity index (χ4v) is 1.91. The number of carbonyl (C=O) groups is 1. The smallest absolute Gasteiger partial charge is 0.406 e. The lowest BCUT2D eigenvalue weighted by molar-refractivity contribution is -0.136. The summed E-state index contributed by atoms with van der Waals surface area (Å²) in [6.07, 6.45) is -4.49. The van der Waals surface area contributed by atoms with Crippen molar-refractivity contribution in [2.45, 2.75) is 6.18 Å². The quantitative estimate of drug-likeness (QED) is 0.915. The first kappa shape index (κ1) is 13.0. The molecule has 0 radical (unpaired) electrons. The predicted molar refractivity (Wildman–Crippen MR) is 53.0 cm³/mol. The normalized spacial score (nSPS) is 11.5. The van der Waals surface area contributed by atoms with E-state index in [9.17, 15) is 18.0 Å². The van der Waals surface area contributed by atoms with Gasteiger partial charge in [-0.25, -0.2) is 4.98 Å². The number of hydrogen-bond donors (Lipinski definition) is 1. The first-order valence-corrected chi connectivity index (χ1v) is 5.18. The number of carboxylic acids is 1. The molecule has 90 valence electrons. The molecule has 0 atom stereocenters. The van der Waals surface area contributed by atoms with Crippen molar-refractivity contribution in [3.05, 3.63) is 10.5 Å². The maximum Gasteiger partial charge on any atom is 0.406 e. The van der Waals surface area contributed by atoms with Crippen molar-refractivity contribution in [3.8, 4) is 0 Å². The Balaban J connectivity index is 2.83. The number of halogens is 4. The third-order valence-corrected chi connectivity index (χ3v) is 2.66. The zero-order chi connectivity index (χ0) is 12.3. The Kier molecular flexibility index (Phi) is 3.98. The molecule has 0 saturated carbocycles. The zero-order valence-electron chi connectivity index (χ0n) is 7.66. The van der Waals surface area contributed by atoms with Crippen molar-refractivity contribution >= 4 is 34.0 Å². The van der Waals surface area contributed by atoms with Gasteiger partial charge < -0.3 is 10.0 Å². The molecule has 0 bridgehead atoms. The zero-order valence-corrected chi connectivity index (χ0v) is 9.23. The molecule has 1 heterocycles. The van der Waals surface area contributed by atoms with Gasteiger partial charge in [-0.1, -0.05) is 11.6 Å². The van der Waals surface area contributed by atoms with Gasteiger partial charge in [0.25, 0.3) is 0 Å². The molecule has 0 amide bonds. The van der Waals surface area contributed by atoms with E-state index in [1.807, 2.05) is 0 Å². The van der Waals surface area contributed by atoms with Gasteiger partial charge in [0.1, 0.15) is 18.2 Å². The second-order valence-corrected chi connectivity index (χ2v) is 4.04. The van der Waals surface area contributed by atoms with E-state index in [-0.39, 0.29) is 10.3 Å². The first-order chi connectivity index (χ1) is 7.28. The molecular weight excluding hydrogens is 269 g/mol. The van der Waals surface area contributed by atoms with E-state index in [0.717, 1.165) is 11.3 Å². The fraction of sp³-hybridized carbons (Fsp3) is 0.429. The Hall–Kier alpha value is -1.02. The molecule has 9 heteroatoms. The molecule has 1 aromatic heterocycles. The predicted octanol–water partition coefficient (Wildman–Crippen LogP) is 2.25. The van der Waals surface area contributed by atoms with Crippen LogP contribution >= 0.6 is 22.9 Å². The number of aromatic nitrogens is 1. The largest absolute Gasteiger partial charge is 0.480 e. The number of thiazole rings is 1. The van der Waals surface area contributed by atoms with Crippen molar-refractivity contribution in [1.29, 1.82) is 0 Å². The van der Waals surface area contributed by atoms with Gasteiger partial charge in [-0.05, 0) is 0 Å². The number of hydrogen-bond acceptors (Lipinski definition) is 4. The van der Waals surface area contributed by atoms with Crippen molar-refractivity contribution in [2.75, 3.05) is 18.0 Å². The summed E-state index contributed by atoms with van der Waals surface area (Å²) in [5.74, 6) is -1.37. The average molecular weight is 275 g/mol. The summed E-state index contributed by atoms with van der Waals surface area (Å²) in [5.41, 5.74) is 0. The standard InChI is InChI=1S/C7H6ClF3N2O2S/c8-4-2-16-6(12-4)13(1-5(14)15)3-7(9,10)11/h2H,1,3H2,(H,14,15). The summed E-state index contributed by atoms with van der Waals surface area (Å²) in [5, 5.41) is 9.79. The second kappa shape index (κ2) is 4.88. The lowest BCUT2D eigenvalue weighted by atomic mass is 10.5. The summed E-state index contributed by atoms with van der Waals surface area (Å²) in [7, 11) is 0. The number of anilines is 1. The van der Waals surface area contributed by atoms with E-state index in [1.54, 1.807) is 0 Å². The number of rotatable bonds is 4. The minimum Gasteiger partial charge on any atom is -0.480 e. The van der Waals surface area contributed by atoms with Gasteiger partial charge in [-0.15, -0.1) is 11.3 Å². The highest BCUT2D eigenvalue weighted by molar-refractivity contribution is 7.14. The van der Waals surface area contributed by atoms with Crippen molar-refractivity contribution in [3.63, 3.8) is 0 Å². The molecule has 0 fully saturated rings. The molecule has 0 aliphatic carbocycles. The van der Waals surface area contributed by atoms with Gasteiger partial charge in [-0.2, -0.15) is 13.2 Å². The van der Waals surface area contributed by atoms with Gasteiger partial charge in [0.15, 0.2) is 5.13 Å². The van der Waals surface area contributed by atoms with Crippen LogP contribution in [0.5, 0.6) is 0 Å². The van der Waals surface area contributed by atoms with Crippen LogP contribution in [0.25, 0.3) is 0 Å². The molecule has 0 saturated heterocycles. The summed E-state index contributed by atoms with van der Waals surface area (Å²) >= 11 is 6.32. The Bertz CT molecular complexity index is 382. The highest BCUT2D eigenvalue weighted by atomic mass is 35.5. The SMILES string of the molecule is O=C(O)CN(CC(F)(F)F)c1nc(Cl)cs1. The highest BCUT2D eigenvalue weighted by Gasteiger charge is 2.32. The Labute approximate surface area is 97.3 Å². The van der Waals surface area contributed by atoms with Crippen LogP contribution in [-0.4, -0.2) is 35.3 Å². The maximum absolute atomic E-state index is 12.2. The lowest BCUT2D eigenvalue weighted by Gasteiger charge is -2.20. The molecule has 1 rings (SSSR count). The number of aliphatic carboxylic acids is 1. The molecule has 0 aliphatic heterocycles. The van der Waals surface area contributed by atoms with Gasteiger partial charge in [0, 0.05) is 5.38 Å². The number of nitrogens with zero attached hydrogens (tertiary/aromatic N) is 2. The van der Waals surface area contributed by atoms with Crippen molar-refractivity contribution in [1.82, 2.24) is 4.98 Å². The fourth-order valence-electron chi connectivity index (χ4n) is 0.962. The maximum atomic E-state index is 12.2. The van der Waals surface area contributed by atoms with Crippen LogP contribution < -0.4 is 4.90 Å². The van der Waals surface area contributed by atoms with E-state index in [1.165, 1.54) is 5.38 Å². The highest BCUT2D eigenvalue weighted by Crippen LogP contribution is 2.26. The summed E-state index contributed by atoms with van der Waals surface area (Å²) < 4.78 is 36.5. The summed E-state index contributed by atoms with van der Waals surface area (Å²) in [6, 6.07) is 0. The molecule has 16 heavy (non-hydrogen) atoms. The molecule has 1 N–H and O–H groups in total. The van der Waals surface area contributed by atoms with Crippen molar-refractivity contribution < 1.29 is 23.1 Å². The summed E-state index contributed by atoms with van der Waals surface area (Å²) in [6.45, 7) is -2.15. The molecule has 1 aromatic rings. The molecule has 0 unspecified atom stereocenters.